The fourth-order valence-electron chi connectivity index (χ4n) is 1.53. The Kier molecular flexibility index (Phi) is 2.45. The molecule has 1 N–H and O–H groups in total. The maximum Gasteiger partial charge on any atom is 0.132 e. The maximum atomic E-state index is 9.93. The van der Waals surface area contributed by atoms with E-state index in [1.807, 2.05) is 24.5 Å². The molecule has 3 heteroatoms. The number of methoxy groups -OCH3 is 1. The van der Waals surface area contributed by atoms with Gasteiger partial charge < -0.3 is 9.84 Å². The molecule has 76 valence electrons. The van der Waals surface area contributed by atoms with E-state index in [1.54, 1.807) is 18.9 Å². The van der Waals surface area contributed by atoms with Gasteiger partial charge in [0.1, 0.15) is 5.75 Å². The molecule has 0 aliphatic heterocycles. The molecule has 1 aliphatic carbocycles. The minimum atomic E-state index is -0.545. The Morgan fingerprint density at radius 2 is 2.14 bits per heavy atom. The van der Waals surface area contributed by atoms with Crippen molar-refractivity contribution in [1.29, 1.82) is 0 Å². The molecule has 0 amide bonds. The number of ether oxygens (including phenoxy) is 1. The van der Waals surface area contributed by atoms with Crippen LogP contribution >= 0.6 is 11.8 Å². The summed E-state index contributed by atoms with van der Waals surface area (Å²) in [6.45, 7) is 0. The zero-order chi connectivity index (χ0) is 10.2. The van der Waals surface area contributed by atoms with Crippen molar-refractivity contribution in [3.63, 3.8) is 0 Å². The first-order valence-corrected chi connectivity index (χ1v) is 5.87. The summed E-state index contributed by atoms with van der Waals surface area (Å²) < 4.78 is 5.22. The summed E-state index contributed by atoms with van der Waals surface area (Å²) in [5.41, 5.74) is 0.471. The molecule has 0 aromatic heterocycles. The summed E-state index contributed by atoms with van der Waals surface area (Å²) >= 11 is 1.64. The average Bonchev–Trinajstić information content (AvgIpc) is 2.97. The Morgan fingerprint density at radius 3 is 2.64 bits per heavy atom. The number of rotatable bonds is 3. The Hall–Kier alpha value is -0.670. The topological polar surface area (TPSA) is 29.5 Å². The predicted molar refractivity (Wildman–Crippen MR) is 57.9 cm³/mol. The van der Waals surface area contributed by atoms with Crippen LogP contribution < -0.4 is 4.74 Å². The van der Waals surface area contributed by atoms with Gasteiger partial charge in [-0.05, 0) is 36.8 Å². The van der Waals surface area contributed by atoms with Crippen molar-refractivity contribution in [3.8, 4) is 5.75 Å². The SMILES string of the molecule is COc1ccc(C2(O)CC2)cc1SC. The van der Waals surface area contributed by atoms with Crippen LogP contribution in [0.2, 0.25) is 0 Å². The zero-order valence-corrected chi connectivity index (χ0v) is 9.23. The number of thioether (sulfide) groups is 1. The van der Waals surface area contributed by atoms with Gasteiger partial charge in [-0.3, -0.25) is 0 Å². The number of hydrogen-bond donors (Lipinski definition) is 1. The van der Waals surface area contributed by atoms with Crippen LogP contribution in [0, 0.1) is 0 Å². The van der Waals surface area contributed by atoms with E-state index >= 15 is 0 Å². The molecule has 1 aromatic rings. The van der Waals surface area contributed by atoms with Crippen LogP contribution in [0.15, 0.2) is 23.1 Å². The van der Waals surface area contributed by atoms with Gasteiger partial charge in [0.15, 0.2) is 0 Å². The largest absolute Gasteiger partial charge is 0.496 e. The van der Waals surface area contributed by atoms with E-state index in [1.165, 1.54) is 0 Å². The highest BCUT2D eigenvalue weighted by Gasteiger charge is 2.42. The molecule has 0 heterocycles. The van der Waals surface area contributed by atoms with Crippen LogP contribution in [0.25, 0.3) is 0 Å². The highest BCUT2D eigenvalue weighted by Crippen LogP contribution is 2.46. The summed E-state index contributed by atoms with van der Waals surface area (Å²) in [6.07, 6.45) is 3.78. The van der Waals surface area contributed by atoms with Gasteiger partial charge in [-0.2, -0.15) is 0 Å². The minimum absolute atomic E-state index is 0.545. The molecular formula is C11H14O2S. The monoisotopic (exact) mass is 210 g/mol. The van der Waals surface area contributed by atoms with E-state index in [4.69, 9.17) is 4.74 Å². The molecule has 0 saturated heterocycles. The predicted octanol–water partition coefficient (Wildman–Crippen LogP) is 2.40. The van der Waals surface area contributed by atoms with Gasteiger partial charge >= 0.3 is 0 Å². The maximum absolute atomic E-state index is 9.93. The summed E-state index contributed by atoms with van der Waals surface area (Å²) in [4.78, 5) is 1.09. The first kappa shape index (κ1) is 9.87. The number of benzene rings is 1. The standard InChI is InChI=1S/C11H14O2S/c1-13-9-4-3-8(7-10(9)14-2)11(12)5-6-11/h3-4,7,12H,5-6H2,1-2H3. The minimum Gasteiger partial charge on any atom is -0.496 e. The lowest BCUT2D eigenvalue weighted by molar-refractivity contribution is 0.151. The lowest BCUT2D eigenvalue weighted by atomic mass is 10.1. The van der Waals surface area contributed by atoms with Gasteiger partial charge in [0.05, 0.1) is 12.7 Å². The van der Waals surface area contributed by atoms with Gasteiger partial charge in [-0.1, -0.05) is 6.07 Å². The smallest absolute Gasteiger partial charge is 0.132 e. The van der Waals surface area contributed by atoms with E-state index in [0.717, 1.165) is 29.1 Å². The second-order valence-electron chi connectivity index (χ2n) is 3.60. The zero-order valence-electron chi connectivity index (χ0n) is 8.41. The Labute approximate surface area is 88.3 Å². The first-order valence-electron chi connectivity index (χ1n) is 4.64. The third-order valence-corrected chi connectivity index (χ3v) is 3.40. The van der Waals surface area contributed by atoms with Crippen molar-refractivity contribution >= 4 is 11.8 Å². The van der Waals surface area contributed by atoms with E-state index < -0.39 is 5.60 Å². The van der Waals surface area contributed by atoms with Gasteiger partial charge in [-0.15, -0.1) is 11.8 Å². The molecule has 1 aromatic carbocycles. The molecular weight excluding hydrogens is 196 g/mol. The van der Waals surface area contributed by atoms with Crippen LogP contribution in [-0.4, -0.2) is 18.5 Å². The van der Waals surface area contributed by atoms with Crippen LogP contribution in [-0.2, 0) is 5.60 Å². The molecule has 1 aliphatic rings. The van der Waals surface area contributed by atoms with Crippen molar-refractivity contribution in [2.75, 3.05) is 13.4 Å². The molecule has 14 heavy (non-hydrogen) atoms. The summed E-state index contributed by atoms with van der Waals surface area (Å²) in [6, 6.07) is 5.90. The lowest BCUT2D eigenvalue weighted by Crippen LogP contribution is -2.04. The van der Waals surface area contributed by atoms with Crippen molar-refractivity contribution < 1.29 is 9.84 Å². The highest BCUT2D eigenvalue weighted by molar-refractivity contribution is 7.98. The van der Waals surface area contributed by atoms with Gasteiger partial charge in [0, 0.05) is 4.90 Å². The summed E-state index contributed by atoms with van der Waals surface area (Å²) in [7, 11) is 1.67. The third-order valence-electron chi connectivity index (χ3n) is 2.64. The van der Waals surface area contributed by atoms with E-state index in [9.17, 15) is 5.11 Å². The molecule has 2 nitrogen and oxygen atoms in total. The average molecular weight is 210 g/mol. The van der Waals surface area contributed by atoms with E-state index in [0.29, 0.717) is 0 Å². The van der Waals surface area contributed by atoms with Crippen molar-refractivity contribution in [1.82, 2.24) is 0 Å². The molecule has 1 fully saturated rings. The first-order chi connectivity index (χ1) is 6.69. The lowest BCUT2D eigenvalue weighted by Gasteiger charge is -2.12. The molecule has 0 unspecified atom stereocenters. The number of aliphatic hydroxyl groups is 1. The van der Waals surface area contributed by atoms with Crippen molar-refractivity contribution in [3.05, 3.63) is 23.8 Å². The normalized spacial score (nSPS) is 17.9. The van der Waals surface area contributed by atoms with Crippen LogP contribution in [0.1, 0.15) is 18.4 Å². The molecule has 0 atom stereocenters. The fourth-order valence-corrected chi connectivity index (χ4v) is 2.13. The van der Waals surface area contributed by atoms with Crippen molar-refractivity contribution in [2.24, 2.45) is 0 Å². The molecule has 0 bridgehead atoms. The quantitative estimate of drug-likeness (QED) is 0.777. The number of hydrogen-bond acceptors (Lipinski definition) is 3. The van der Waals surface area contributed by atoms with Gasteiger partial charge in [-0.25, -0.2) is 0 Å². The summed E-state index contributed by atoms with van der Waals surface area (Å²) in [5, 5.41) is 9.93. The van der Waals surface area contributed by atoms with Crippen LogP contribution in [0.3, 0.4) is 0 Å². The molecule has 1 saturated carbocycles. The van der Waals surface area contributed by atoms with E-state index in [-0.39, 0.29) is 0 Å². The third kappa shape index (κ3) is 1.62. The Bertz CT molecular complexity index is 345. The highest BCUT2D eigenvalue weighted by atomic mass is 32.2. The second-order valence-corrected chi connectivity index (χ2v) is 4.45. The van der Waals surface area contributed by atoms with Crippen LogP contribution in [0.4, 0.5) is 0 Å². The Morgan fingerprint density at radius 1 is 1.43 bits per heavy atom. The van der Waals surface area contributed by atoms with E-state index in [2.05, 4.69) is 0 Å². The summed E-state index contributed by atoms with van der Waals surface area (Å²) in [5.74, 6) is 0.880. The molecule has 0 radical (unpaired) electrons. The van der Waals surface area contributed by atoms with Crippen LogP contribution in [0.5, 0.6) is 5.75 Å². The molecule has 2 rings (SSSR count). The Balaban J connectivity index is 2.36. The van der Waals surface area contributed by atoms with Crippen molar-refractivity contribution in [2.45, 2.75) is 23.3 Å². The second kappa shape index (κ2) is 3.48. The fraction of sp³-hybridized carbons (Fsp3) is 0.455. The van der Waals surface area contributed by atoms with Gasteiger partial charge in [0.2, 0.25) is 0 Å². The molecule has 0 spiro atoms. The van der Waals surface area contributed by atoms with Gasteiger partial charge in [0.25, 0.3) is 0 Å².